The van der Waals surface area contributed by atoms with Gasteiger partial charge in [-0.3, -0.25) is 0 Å². The van der Waals surface area contributed by atoms with Crippen molar-refractivity contribution in [3.05, 3.63) is 28.8 Å². The average molecular weight is 313 g/mol. The molecule has 1 saturated heterocycles. The van der Waals surface area contributed by atoms with Crippen LogP contribution in [0.2, 0.25) is 5.02 Å². The van der Waals surface area contributed by atoms with Crippen LogP contribution in [0.4, 0.5) is 10.5 Å². The fourth-order valence-electron chi connectivity index (χ4n) is 2.41. The topological polar surface area (TPSA) is 53.0 Å². The number of ether oxygens (including phenoxy) is 1. The highest BCUT2D eigenvalue weighted by Gasteiger charge is 2.22. The largest absolute Gasteiger partial charge is 0.450 e. The van der Waals surface area contributed by atoms with E-state index in [-0.39, 0.29) is 6.09 Å². The summed E-state index contributed by atoms with van der Waals surface area (Å²) in [7, 11) is 0. The summed E-state index contributed by atoms with van der Waals surface area (Å²) in [6.07, 6.45) is -0.827. The van der Waals surface area contributed by atoms with Crippen molar-refractivity contribution in [1.82, 2.24) is 4.90 Å². The van der Waals surface area contributed by atoms with Gasteiger partial charge in [0, 0.05) is 36.9 Å². The van der Waals surface area contributed by atoms with Crippen molar-refractivity contribution in [2.24, 2.45) is 0 Å². The molecule has 116 valence electrons. The first-order valence-electron chi connectivity index (χ1n) is 7.17. The lowest BCUT2D eigenvalue weighted by Crippen LogP contribution is -2.49. The Hall–Kier alpha value is -1.46. The molecule has 0 radical (unpaired) electrons. The molecule has 0 spiro atoms. The number of aliphatic hydroxyl groups is 1. The summed E-state index contributed by atoms with van der Waals surface area (Å²) < 4.78 is 5.00. The maximum absolute atomic E-state index is 11.7. The monoisotopic (exact) mass is 312 g/mol. The summed E-state index contributed by atoms with van der Waals surface area (Å²) in [5.74, 6) is 0. The normalized spacial score (nSPS) is 16.8. The van der Waals surface area contributed by atoms with Gasteiger partial charge in [0.15, 0.2) is 0 Å². The first kappa shape index (κ1) is 15.9. The van der Waals surface area contributed by atoms with Gasteiger partial charge in [-0.15, -0.1) is 0 Å². The fraction of sp³-hybridized carbons (Fsp3) is 0.533. The predicted octanol–water partition coefficient (Wildman–Crippen LogP) is 2.67. The van der Waals surface area contributed by atoms with E-state index in [9.17, 15) is 9.90 Å². The molecule has 21 heavy (non-hydrogen) atoms. The van der Waals surface area contributed by atoms with E-state index >= 15 is 0 Å². The van der Waals surface area contributed by atoms with Crippen molar-refractivity contribution in [3.8, 4) is 0 Å². The smallest absolute Gasteiger partial charge is 0.409 e. The number of piperazine rings is 1. The molecular weight excluding hydrogens is 292 g/mol. The van der Waals surface area contributed by atoms with Crippen LogP contribution in [-0.2, 0) is 4.74 Å². The second-order valence-corrected chi connectivity index (χ2v) is 5.46. The van der Waals surface area contributed by atoms with E-state index in [1.54, 1.807) is 18.7 Å². The second-order valence-electron chi connectivity index (χ2n) is 5.05. The van der Waals surface area contributed by atoms with E-state index in [2.05, 4.69) is 4.90 Å². The van der Waals surface area contributed by atoms with Gasteiger partial charge >= 0.3 is 6.09 Å². The molecular formula is C15H21ClN2O3. The van der Waals surface area contributed by atoms with Gasteiger partial charge in [0.25, 0.3) is 0 Å². The molecule has 6 heteroatoms. The standard InChI is InChI=1S/C15H21ClN2O3/c1-3-21-15(20)18-8-6-17(7-9-18)12-4-5-13(11(2)19)14(16)10-12/h4-5,10-11,19H,3,6-9H2,1-2H3. The zero-order chi connectivity index (χ0) is 15.4. The maximum Gasteiger partial charge on any atom is 0.409 e. The summed E-state index contributed by atoms with van der Waals surface area (Å²) in [6, 6.07) is 5.66. The highest BCUT2D eigenvalue weighted by molar-refractivity contribution is 6.31. The lowest BCUT2D eigenvalue weighted by molar-refractivity contribution is 0.105. The number of anilines is 1. The number of halogens is 1. The molecule has 5 nitrogen and oxygen atoms in total. The van der Waals surface area contributed by atoms with Crippen molar-refractivity contribution >= 4 is 23.4 Å². The highest BCUT2D eigenvalue weighted by atomic mass is 35.5. The zero-order valence-corrected chi connectivity index (χ0v) is 13.1. The first-order chi connectivity index (χ1) is 10.0. The van der Waals surface area contributed by atoms with Gasteiger partial charge in [-0.2, -0.15) is 0 Å². The van der Waals surface area contributed by atoms with Crippen LogP contribution in [0.1, 0.15) is 25.5 Å². The number of nitrogens with zero attached hydrogens (tertiary/aromatic N) is 2. The predicted molar refractivity (Wildman–Crippen MR) is 82.9 cm³/mol. The summed E-state index contributed by atoms with van der Waals surface area (Å²) in [5, 5.41) is 10.2. The number of benzene rings is 1. The summed E-state index contributed by atoms with van der Waals surface area (Å²) >= 11 is 6.19. The van der Waals surface area contributed by atoms with Gasteiger partial charge < -0.3 is 19.6 Å². The molecule has 1 amide bonds. The molecule has 1 N–H and O–H groups in total. The van der Waals surface area contributed by atoms with E-state index in [1.165, 1.54) is 0 Å². The van der Waals surface area contributed by atoms with E-state index in [1.807, 2.05) is 18.2 Å². The van der Waals surface area contributed by atoms with Crippen LogP contribution in [0.25, 0.3) is 0 Å². The van der Waals surface area contributed by atoms with Crippen molar-refractivity contribution in [2.75, 3.05) is 37.7 Å². The molecule has 0 bridgehead atoms. The van der Waals surface area contributed by atoms with Crippen LogP contribution in [0, 0.1) is 0 Å². The quantitative estimate of drug-likeness (QED) is 0.932. The van der Waals surface area contributed by atoms with Crippen molar-refractivity contribution in [1.29, 1.82) is 0 Å². The zero-order valence-electron chi connectivity index (χ0n) is 12.4. The number of carbonyl (C=O) groups is 1. The van der Waals surface area contributed by atoms with E-state index in [0.29, 0.717) is 24.7 Å². The van der Waals surface area contributed by atoms with E-state index in [0.717, 1.165) is 24.3 Å². The Morgan fingerprint density at radius 3 is 2.57 bits per heavy atom. The molecule has 1 unspecified atom stereocenters. The van der Waals surface area contributed by atoms with Gasteiger partial charge in [-0.1, -0.05) is 17.7 Å². The Morgan fingerprint density at radius 1 is 1.38 bits per heavy atom. The molecule has 1 aromatic rings. The summed E-state index contributed by atoms with van der Waals surface area (Å²) in [4.78, 5) is 15.5. The summed E-state index contributed by atoms with van der Waals surface area (Å²) in [5.41, 5.74) is 1.73. The Morgan fingerprint density at radius 2 is 2.05 bits per heavy atom. The number of rotatable bonds is 3. The number of hydrogen-bond donors (Lipinski definition) is 1. The van der Waals surface area contributed by atoms with Crippen molar-refractivity contribution in [2.45, 2.75) is 20.0 Å². The molecule has 0 aliphatic carbocycles. The van der Waals surface area contributed by atoms with Gasteiger partial charge in [0.1, 0.15) is 0 Å². The van der Waals surface area contributed by atoms with E-state index in [4.69, 9.17) is 16.3 Å². The molecule has 1 fully saturated rings. The number of hydrogen-bond acceptors (Lipinski definition) is 4. The second kappa shape index (κ2) is 7.00. The average Bonchev–Trinajstić information content (AvgIpc) is 2.47. The molecule has 1 heterocycles. The fourth-order valence-corrected chi connectivity index (χ4v) is 2.75. The molecule has 1 aromatic carbocycles. The summed E-state index contributed by atoms with van der Waals surface area (Å²) in [6.45, 7) is 6.64. The lowest BCUT2D eigenvalue weighted by Gasteiger charge is -2.35. The van der Waals surface area contributed by atoms with Gasteiger partial charge in [0.2, 0.25) is 0 Å². The minimum atomic E-state index is -0.577. The van der Waals surface area contributed by atoms with Crippen LogP contribution in [0.3, 0.4) is 0 Å². The number of carbonyl (C=O) groups excluding carboxylic acids is 1. The van der Waals surface area contributed by atoms with Crippen LogP contribution in [0.5, 0.6) is 0 Å². The number of aliphatic hydroxyl groups excluding tert-OH is 1. The van der Waals surface area contributed by atoms with Crippen LogP contribution in [0.15, 0.2) is 18.2 Å². The Kier molecular flexibility index (Phi) is 5.31. The van der Waals surface area contributed by atoms with Crippen LogP contribution < -0.4 is 4.90 Å². The highest BCUT2D eigenvalue weighted by Crippen LogP contribution is 2.28. The minimum Gasteiger partial charge on any atom is -0.450 e. The third-order valence-corrected chi connectivity index (χ3v) is 3.93. The minimum absolute atomic E-state index is 0.250. The third kappa shape index (κ3) is 3.80. The Bertz CT molecular complexity index is 500. The molecule has 0 saturated carbocycles. The molecule has 1 atom stereocenters. The van der Waals surface area contributed by atoms with Gasteiger partial charge in [-0.25, -0.2) is 4.79 Å². The number of amides is 1. The Balaban J connectivity index is 1.99. The van der Waals surface area contributed by atoms with Crippen LogP contribution in [-0.4, -0.2) is 48.9 Å². The van der Waals surface area contributed by atoms with Crippen molar-refractivity contribution in [3.63, 3.8) is 0 Å². The molecule has 2 rings (SSSR count). The first-order valence-corrected chi connectivity index (χ1v) is 7.55. The SMILES string of the molecule is CCOC(=O)N1CCN(c2ccc(C(C)O)c(Cl)c2)CC1. The molecule has 1 aliphatic rings. The van der Waals surface area contributed by atoms with Crippen LogP contribution >= 0.6 is 11.6 Å². The Labute approximate surface area is 130 Å². The third-order valence-electron chi connectivity index (χ3n) is 3.60. The van der Waals surface area contributed by atoms with Gasteiger partial charge in [0.05, 0.1) is 12.7 Å². The molecule has 1 aliphatic heterocycles. The maximum atomic E-state index is 11.7. The lowest BCUT2D eigenvalue weighted by atomic mass is 10.1. The van der Waals surface area contributed by atoms with Crippen molar-refractivity contribution < 1.29 is 14.6 Å². The molecule has 0 aromatic heterocycles. The van der Waals surface area contributed by atoms with Gasteiger partial charge in [-0.05, 0) is 31.5 Å². The van der Waals surface area contributed by atoms with E-state index < -0.39 is 6.10 Å².